The average molecular weight is 765 g/mol. The number of anilines is 3. The molecule has 0 bridgehead atoms. The summed E-state index contributed by atoms with van der Waals surface area (Å²) in [7, 11) is 0. The molecule has 0 fully saturated rings. The van der Waals surface area contributed by atoms with Crippen LogP contribution in [0.4, 0.5) is 17.1 Å². The Morgan fingerprint density at radius 2 is 0.817 bits per heavy atom. The molecule has 1 aromatic heterocycles. The van der Waals surface area contributed by atoms with Crippen molar-refractivity contribution in [3.63, 3.8) is 0 Å². The fourth-order valence-electron chi connectivity index (χ4n) is 9.83. The molecule has 0 saturated heterocycles. The van der Waals surface area contributed by atoms with Gasteiger partial charge < -0.3 is 9.47 Å². The topological polar surface area (TPSA) is 8.17 Å². The van der Waals surface area contributed by atoms with Crippen LogP contribution in [0.2, 0.25) is 0 Å². The molecule has 1 aliphatic rings. The summed E-state index contributed by atoms with van der Waals surface area (Å²) >= 11 is 0. The van der Waals surface area contributed by atoms with Crippen molar-refractivity contribution in [3.8, 4) is 27.9 Å². The lowest BCUT2D eigenvalue weighted by molar-refractivity contribution is 0.888. The van der Waals surface area contributed by atoms with Crippen molar-refractivity contribution >= 4 is 77.1 Å². The third-order valence-corrected chi connectivity index (χ3v) is 12.6. The highest BCUT2D eigenvalue weighted by Crippen LogP contribution is 2.42. The Morgan fingerprint density at radius 1 is 0.383 bits per heavy atom. The Labute approximate surface area is 349 Å². The lowest BCUT2D eigenvalue weighted by Gasteiger charge is -2.26. The fraction of sp³-hybridized carbons (Fsp3) is 0.0345. The second kappa shape index (κ2) is 14.0. The van der Waals surface area contributed by atoms with Crippen LogP contribution in [0.15, 0.2) is 212 Å². The van der Waals surface area contributed by atoms with Crippen molar-refractivity contribution in [3.05, 3.63) is 224 Å². The van der Waals surface area contributed by atoms with Crippen LogP contribution in [0.25, 0.3) is 88.0 Å². The number of allylic oxidation sites excluding steroid dienone is 1. The standard InChI is InChI=1S/C58H40N2/c1-3-15-47-41(13-1)37-55(51-19-7-5-17-49(47)51)39-25-29-43(30-26-39)59(45-33-35-46(36-34-45)60-57-23-11-9-21-53(57)54-22-10-12-24-58(54)60)44-31-27-40(28-32-44)56-38-42-14-2-4-16-48(42)50-18-6-8-20-52(50)56/h1-11,13-23,25-38H,12,24H2. The fourth-order valence-corrected chi connectivity index (χ4v) is 9.83. The zero-order valence-electron chi connectivity index (χ0n) is 33.1. The van der Waals surface area contributed by atoms with Gasteiger partial charge in [0.1, 0.15) is 0 Å². The van der Waals surface area contributed by atoms with Crippen LogP contribution in [-0.4, -0.2) is 4.57 Å². The SMILES string of the molecule is C1=Cc2c(n(-c3ccc(N(c4ccc(-c5cc6ccccc6c6ccccc56)cc4)c4ccc(-c5cc6ccccc6c6ccccc56)cc4)cc3)c3ccccc23)CC1. The van der Waals surface area contributed by atoms with E-state index >= 15 is 0 Å². The molecule has 0 amide bonds. The molecule has 0 N–H and O–H groups in total. The van der Waals surface area contributed by atoms with E-state index in [1.165, 1.54) is 93.2 Å². The van der Waals surface area contributed by atoms with Crippen LogP contribution in [0.3, 0.4) is 0 Å². The van der Waals surface area contributed by atoms with Crippen LogP contribution < -0.4 is 4.90 Å². The van der Waals surface area contributed by atoms with Gasteiger partial charge in [0, 0.05) is 39.4 Å². The van der Waals surface area contributed by atoms with Gasteiger partial charge in [-0.2, -0.15) is 0 Å². The summed E-state index contributed by atoms with van der Waals surface area (Å²) in [5, 5.41) is 11.5. The molecule has 2 heteroatoms. The van der Waals surface area contributed by atoms with E-state index in [1.54, 1.807) is 0 Å². The highest BCUT2D eigenvalue weighted by Gasteiger charge is 2.20. The molecule has 10 aromatic carbocycles. The van der Waals surface area contributed by atoms with Gasteiger partial charge in [0.2, 0.25) is 0 Å². The predicted octanol–water partition coefficient (Wildman–Crippen LogP) is 16.0. The molecular weight excluding hydrogens is 725 g/mol. The summed E-state index contributed by atoms with van der Waals surface area (Å²) in [6.07, 6.45) is 6.71. The summed E-state index contributed by atoms with van der Waals surface area (Å²) in [5.74, 6) is 0. The maximum Gasteiger partial charge on any atom is 0.0537 e. The van der Waals surface area contributed by atoms with E-state index in [4.69, 9.17) is 0 Å². The van der Waals surface area contributed by atoms with E-state index in [1.807, 2.05) is 0 Å². The van der Waals surface area contributed by atoms with Gasteiger partial charge in [0.05, 0.1) is 5.52 Å². The predicted molar refractivity (Wildman–Crippen MR) is 256 cm³/mol. The maximum atomic E-state index is 2.47. The minimum Gasteiger partial charge on any atom is -0.313 e. The number of aromatic nitrogens is 1. The summed E-state index contributed by atoms with van der Waals surface area (Å²) in [6.45, 7) is 0. The van der Waals surface area contributed by atoms with E-state index in [0.717, 1.165) is 29.9 Å². The van der Waals surface area contributed by atoms with E-state index in [2.05, 4.69) is 228 Å². The molecule has 11 aromatic rings. The highest BCUT2D eigenvalue weighted by molar-refractivity contribution is 6.15. The number of benzene rings is 10. The van der Waals surface area contributed by atoms with Gasteiger partial charge in [-0.1, -0.05) is 152 Å². The third kappa shape index (κ3) is 5.56. The summed E-state index contributed by atoms with van der Waals surface area (Å²) in [6, 6.07) is 75.9. The van der Waals surface area contributed by atoms with Crippen LogP contribution in [0.1, 0.15) is 17.7 Å². The molecule has 60 heavy (non-hydrogen) atoms. The molecule has 0 unspecified atom stereocenters. The van der Waals surface area contributed by atoms with Gasteiger partial charge >= 0.3 is 0 Å². The number of hydrogen-bond donors (Lipinski definition) is 0. The number of rotatable bonds is 6. The largest absolute Gasteiger partial charge is 0.313 e. The Bertz CT molecular complexity index is 3300. The van der Waals surface area contributed by atoms with Gasteiger partial charge in [-0.25, -0.2) is 0 Å². The van der Waals surface area contributed by atoms with Crippen molar-refractivity contribution < 1.29 is 0 Å². The average Bonchev–Trinajstić information content (AvgIpc) is 3.66. The summed E-state index contributed by atoms with van der Waals surface area (Å²) in [4.78, 5) is 2.39. The van der Waals surface area contributed by atoms with Gasteiger partial charge in [0.25, 0.3) is 0 Å². The summed E-state index contributed by atoms with van der Waals surface area (Å²) < 4.78 is 2.47. The van der Waals surface area contributed by atoms with Crippen molar-refractivity contribution in [2.75, 3.05) is 4.90 Å². The van der Waals surface area contributed by atoms with Crippen molar-refractivity contribution in [2.45, 2.75) is 12.8 Å². The van der Waals surface area contributed by atoms with Crippen LogP contribution in [-0.2, 0) is 6.42 Å². The molecule has 0 saturated carbocycles. The smallest absolute Gasteiger partial charge is 0.0537 e. The Balaban J connectivity index is 0.982. The molecule has 2 nitrogen and oxygen atoms in total. The van der Waals surface area contributed by atoms with E-state index in [9.17, 15) is 0 Å². The number of hydrogen-bond acceptors (Lipinski definition) is 1. The first-order chi connectivity index (χ1) is 29.8. The van der Waals surface area contributed by atoms with E-state index in [0.29, 0.717) is 0 Å². The van der Waals surface area contributed by atoms with Crippen LogP contribution in [0, 0.1) is 0 Å². The van der Waals surface area contributed by atoms with E-state index in [-0.39, 0.29) is 0 Å². The van der Waals surface area contributed by atoms with Crippen molar-refractivity contribution in [2.24, 2.45) is 0 Å². The van der Waals surface area contributed by atoms with Crippen LogP contribution >= 0.6 is 0 Å². The minimum absolute atomic E-state index is 1.03. The first-order valence-electron chi connectivity index (χ1n) is 21.0. The molecule has 0 spiro atoms. The summed E-state index contributed by atoms with van der Waals surface area (Å²) in [5.41, 5.74) is 13.4. The lowest BCUT2D eigenvalue weighted by Crippen LogP contribution is -2.10. The van der Waals surface area contributed by atoms with Gasteiger partial charge in [0.15, 0.2) is 0 Å². The molecule has 0 aliphatic heterocycles. The normalized spacial score (nSPS) is 12.5. The molecule has 1 aliphatic carbocycles. The highest BCUT2D eigenvalue weighted by atomic mass is 15.1. The van der Waals surface area contributed by atoms with Crippen molar-refractivity contribution in [1.29, 1.82) is 0 Å². The molecule has 0 radical (unpaired) electrons. The molecule has 282 valence electrons. The maximum absolute atomic E-state index is 2.47. The second-order valence-electron chi connectivity index (χ2n) is 16.0. The third-order valence-electron chi connectivity index (χ3n) is 12.6. The van der Waals surface area contributed by atoms with Crippen LogP contribution in [0.5, 0.6) is 0 Å². The zero-order chi connectivity index (χ0) is 39.6. The molecule has 0 atom stereocenters. The van der Waals surface area contributed by atoms with Crippen molar-refractivity contribution in [1.82, 2.24) is 4.57 Å². The first-order valence-corrected chi connectivity index (χ1v) is 21.0. The van der Waals surface area contributed by atoms with Gasteiger partial charge in [-0.05, 0) is 145 Å². The number of fused-ring (bicyclic) bond motifs is 9. The Hall–Kier alpha value is -7.68. The Kier molecular flexibility index (Phi) is 8.02. The molecule has 12 rings (SSSR count). The first kappa shape index (κ1) is 34.4. The van der Waals surface area contributed by atoms with E-state index < -0.39 is 0 Å². The lowest BCUT2D eigenvalue weighted by atomic mass is 9.93. The Morgan fingerprint density at radius 3 is 1.35 bits per heavy atom. The number of nitrogens with zero attached hydrogens (tertiary/aromatic N) is 2. The molecular formula is C58H40N2. The molecule has 1 heterocycles. The number of para-hydroxylation sites is 1. The van der Waals surface area contributed by atoms with Gasteiger partial charge in [-0.3, -0.25) is 0 Å². The zero-order valence-corrected chi connectivity index (χ0v) is 33.1. The quantitative estimate of drug-likeness (QED) is 0.153. The van der Waals surface area contributed by atoms with Gasteiger partial charge in [-0.15, -0.1) is 0 Å². The monoisotopic (exact) mass is 764 g/mol. The minimum atomic E-state index is 1.03. The second-order valence-corrected chi connectivity index (χ2v) is 16.0.